The summed E-state index contributed by atoms with van der Waals surface area (Å²) in [5, 5.41) is 1.08. The van der Waals surface area contributed by atoms with Crippen LogP contribution in [0.4, 0.5) is 5.69 Å². The van der Waals surface area contributed by atoms with E-state index in [1.54, 1.807) is 6.20 Å². The Labute approximate surface area is 93.7 Å². The Kier molecular flexibility index (Phi) is 2.10. The zero-order valence-corrected chi connectivity index (χ0v) is 8.89. The van der Waals surface area contributed by atoms with Crippen molar-refractivity contribution in [2.75, 3.05) is 11.4 Å². The maximum Gasteiger partial charge on any atom is 0.227 e. The maximum absolute atomic E-state index is 11.6. The molecule has 3 nitrogen and oxygen atoms in total. The number of nitrogens with zero attached hydrogens (tertiary/aromatic N) is 2. The fourth-order valence-electron chi connectivity index (χ4n) is 2.15. The number of benzene rings is 1. The first-order valence-electron chi connectivity index (χ1n) is 5.50. The fraction of sp³-hybridized carbons (Fsp3) is 0.231. The van der Waals surface area contributed by atoms with Crippen molar-refractivity contribution >= 4 is 22.5 Å². The third-order valence-electron chi connectivity index (χ3n) is 2.97. The summed E-state index contributed by atoms with van der Waals surface area (Å²) in [7, 11) is 0. The van der Waals surface area contributed by atoms with E-state index in [9.17, 15) is 4.79 Å². The maximum atomic E-state index is 11.6. The van der Waals surface area contributed by atoms with Crippen molar-refractivity contribution < 1.29 is 4.79 Å². The van der Waals surface area contributed by atoms with Crippen LogP contribution >= 0.6 is 0 Å². The molecular weight excluding hydrogens is 200 g/mol. The zero-order valence-electron chi connectivity index (χ0n) is 8.89. The van der Waals surface area contributed by atoms with Crippen molar-refractivity contribution in [3.63, 3.8) is 0 Å². The lowest BCUT2D eigenvalue weighted by Gasteiger charge is -2.15. The molecule has 0 unspecified atom stereocenters. The number of hydrogen-bond acceptors (Lipinski definition) is 2. The van der Waals surface area contributed by atoms with Crippen LogP contribution in [-0.4, -0.2) is 17.4 Å². The first-order chi connectivity index (χ1) is 7.84. The van der Waals surface area contributed by atoms with E-state index in [4.69, 9.17) is 0 Å². The Morgan fingerprint density at radius 3 is 3.00 bits per heavy atom. The van der Waals surface area contributed by atoms with E-state index < -0.39 is 0 Å². The summed E-state index contributed by atoms with van der Waals surface area (Å²) in [5.74, 6) is 0.225. The van der Waals surface area contributed by atoms with Crippen LogP contribution < -0.4 is 4.90 Å². The van der Waals surface area contributed by atoms with E-state index in [1.165, 1.54) is 0 Å². The topological polar surface area (TPSA) is 33.2 Å². The SMILES string of the molecule is O=C1CCCN1c1ccc2ncccc2c1. The van der Waals surface area contributed by atoms with Crippen LogP contribution in [0.15, 0.2) is 36.5 Å². The Morgan fingerprint density at radius 2 is 2.19 bits per heavy atom. The predicted molar refractivity (Wildman–Crippen MR) is 63.3 cm³/mol. The molecule has 1 aromatic heterocycles. The summed E-state index contributed by atoms with van der Waals surface area (Å²) in [6, 6.07) is 9.91. The summed E-state index contributed by atoms with van der Waals surface area (Å²) < 4.78 is 0. The summed E-state index contributed by atoms with van der Waals surface area (Å²) in [4.78, 5) is 17.7. The van der Waals surface area contributed by atoms with Crippen LogP contribution in [0.2, 0.25) is 0 Å². The van der Waals surface area contributed by atoms with Gasteiger partial charge in [0.25, 0.3) is 0 Å². The lowest BCUT2D eigenvalue weighted by Crippen LogP contribution is -2.23. The minimum Gasteiger partial charge on any atom is -0.312 e. The molecule has 0 radical (unpaired) electrons. The van der Waals surface area contributed by atoms with Gasteiger partial charge in [-0.15, -0.1) is 0 Å². The van der Waals surface area contributed by atoms with Crippen molar-refractivity contribution in [3.8, 4) is 0 Å². The highest BCUT2D eigenvalue weighted by atomic mass is 16.2. The lowest BCUT2D eigenvalue weighted by atomic mass is 10.2. The average molecular weight is 212 g/mol. The number of fused-ring (bicyclic) bond motifs is 1. The van der Waals surface area contributed by atoms with Crippen molar-refractivity contribution in [2.24, 2.45) is 0 Å². The van der Waals surface area contributed by atoms with Gasteiger partial charge in [0, 0.05) is 30.2 Å². The first-order valence-corrected chi connectivity index (χ1v) is 5.50. The lowest BCUT2D eigenvalue weighted by molar-refractivity contribution is -0.117. The number of aromatic nitrogens is 1. The molecule has 1 aliphatic heterocycles. The third kappa shape index (κ3) is 1.45. The second-order valence-electron chi connectivity index (χ2n) is 4.03. The minimum atomic E-state index is 0.225. The molecule has 2 heterocycles. The number of carbonyl (C=O) groups is 1. The van der Waals surface area contributed by atoms with Crippen molar-refractivity contribution in [1.29, 1.82) is 0 Å². The molecule has 1 aliphatic rings. The number of amides is 1. The number of rotatable bonds is 1. The monoisotopic (exact) mass is 212 g/mol. The normalized spacial score (nSPS) is 16.0. The molecule has 80 valence electrons. The molecule has 16 heavy (non-hydrogen) atoms. The highest BCUT2D eigenvalue weighted by Gasteiger charge is 2.21. The molecule has 1 amide bonds. The van der Waals surface area contributed by atoms with Crippen LogP contribution in [0.25, 0.3) is 10.9 Å². The molecular formula is C13H12N2O. The zero-order chi connectivity index (χ0) is 11.0. The Bertz CT molecular complexity index is 550. The minimum absolute atomic E-state index is 0.225. The quantitative estimate of drug-likeness (QED) is 0.727. The van der Waals surface area contributed by atoms with Crippen molar-refractivity contribution in [2.45, 2.75) is 12.8 Å². The molecule has 1 aromatic carbocycles. The van der Waals surface area contributed by atoms with Crippen molar-refractivity contribution in [3.05, 3.63) is 36.5 Å². The third-order valence-corrected chi connectivity index (χ3v) is 2.97. The smallest absolute Gasteiger partial charge is 0.227 e. The number of carbonyl (C=O) groups excluding carboxylic acids is 1. The number of anilines is 1. The van der Waals surface area contributed by atoms with Gasteiger partial charge in [0.05, 0.1) is 5.52 Å². The van der Waals surface area contributed by atoms with Gasteiger partial charge in [0.2, 0.25) is 5.91 Å². The first kappa shape index (κ1) is 9.33. The number of pyridine rings is 1. The average Bonchev–Trinajstić information content (AvgIpc) is 2.75. The molecule has 1 fully saturated rings. The summed E-state index contributed by atoms with van der Waals surface area (Å²) in [6.45, 7) is 0.838. The predicted octanol–water partition coefficient (Wildman–Crippen LogP) is 2.36. The molecule has 1 saturated heterocycles. The van der Waals surface area contributed by atoms with Gasteiger partial charge in [0.1, 0.15) is 0 Å². The van der Waals surface area contributed by atoms with Gasteiger partial charge in [-0.25, -0.2) is 0 Å². The molecule has 3 heteroatoms. The van der Waals surface area contributed by atoms with Crippen LogP contribution in [0.5, 0.6) is 0 Å². The van der Waals surface area contributed by atoms with E-state index in [1.807, 2.05) is 35.2 Å². The van der Waals surface area contributed by atoms with Gasteiger partial charge in [-0.2, -0.15) is 0 Å². The Morgan fingerprint density at radius 1 is 1.25 bits per heavy atom. The second-order valence-corrected chi connectivity index (χ2v) is 4.03. The van der Waals surface area contributed by atoms with Crippen LogP contribution in [0.1, 0.15) is 12.8 Å². The van der Waals surface area contributed by atoms with Crippen LogP contribution in [0, 0.1) is 0 Å². The van der Waals surface area contributed by atoms with Gasteiger partial charge >= 0.3 is 0 Å². The van der Waals surface area contributed by atoms with Gasteiger partial charge in [-0.3, -0.25) is 9.78 Å². The molecule has 0 spiro atoms. The van der Waals surface area contributed by atoms with E-state index in [0.29, 0.717) is 6.42 Å². The van der Waals surface area contributed by atoms with Gasteiger partial charge in [-0.1, -0.05) is 6.07 Å². The van der Waals surface area contributed by atoms with Gasteiger partial charge in [0.15, 0.2) is 0 Å². The summed E-state index contributed by atoms with van der Waals surface area (Å²) in [5.41, 5.74) is 1.96. The molecule has 0 N–H and O–H groups in total. The molecule has 3 rings (SSSR count). The fourth-order valence-corrected chi connectivity index (χ4v) is 2.15. The van der Waals surface area contributed by atoms with Crippen molar-refractivity contribution in [1.82, 2.24) is 4.98 Å². The largest absolute Gasteiger partial charge is 0.312 e. The molecule has 0 aliphatic carbocycles. The Balaban J connectivity index is 2.08. The highest BCUT2D eigenvalue weighted by Crippen LogP contribution is 2.24. The standard InChI is InChI=1S/C13H12N2O/c16-13-4-2-8-15(13)11-5-6-12-10(9-11)3-1-7-14-12/h1,3,5-7,9H,2,4,8H2. The van der Waals surface area contributed by atoms with Gasteiger partial charge in [-0.05, 0) is 30.7 Å². The van der Waals surface area contributed by atoms with E-state index >= 15 is 0 Å². The molecule has 0 atom stereocenters. The van der Waals surface area contributed by atoms with E-state index in [2.05, 4.69) is 4.98 Å². The molecule has 2 aromatic rings. The van der Waals surface area contributed by atoms with Crippen LogP contribution in [-0.2, 0) is 4.79 Å². The molecule has 0 bridgehead atoms. The van der Waals surface area contributed by atoms with E-state index in [-0.39, 0.29) is 5.91 Å². The molecule has 0 saturated carbocycles. The summed E-state index contributed by atoms with van der Waals surface area (Å²) >= 11 is 0. The summed E-state index contributed by atoms with van der Waals surface area (Å²) in [6.07, 6.45) is 3.41. The van der Waals surface area contributed by atoms with Crippen LogP contribution in [0.3, 0.4) is 0 Å². The second kappa shape index (κ2) is 3.59. The highest BCUT2D eigenvalue weighted by molar-refractivity contribution is 5.97. The van der Waals surface area contributed by atoms with E-state index in [0.717, 1.165) is 29.6 Å². The number of hydrogen-bond donors (Lipinski definition) is 0. The Hall–Kier alpha value is -1.90. The van der Waals surface area contributed by atoms with Gasteiger partial charge < -0.3 is 4.90 Å².